The number of fused-ring (bicyclic) bond motifs is 1. The molecule has 0 aliphatic carbocycles. The molecule has 118 valence electrons. The zero-order valence-corrected chi connectivity index (χ0v) is 13.2. The van der Waals surface area contributed by atoms with Gasteiger partial charge in [-0.1, -0.05) is 23.7 Å². The molecule has 3 aromatic rings. The van der Waals surface area contributed by atoms with Crippen LogP contribution in [0.4, 0.5) is 0 Å². The first kappa shape index (κ1) is 15.4. The van der Waals surface area contributed by atoms with Crippen LogP contribution in [0.25, 0.3) is 10.9 Å². The number of carbonyl (C=O) groups is 1. The molecule has 2 heterocycles. The van der Waals surface area contributed by atoms with Gasteiger partial charge >= 0.3 is 5.97 Å². The molecule has 2 aromatic heterocycles. The van der Waals surface area contributed by atoms with Gasteiger partial charge in [0.25, 0.3) is 5.89 Å². The third-order valence-electron chi connectivity index (χ3n) is 3.20. The molecule has 6 nitrogen and oxygen atoms in total. The van der Waals surface area contributed by atoms with E-state index in [0.717, 1.165) is 23.7 Å². The molecule has 0 bridgehead atoms. The Morgan fingerprint density at radius 2 is 2.13 bits per heavy atom. The number of aromatic nitrogens is 3. The Morgan fingerprint density at radius 3 is 2.96 bits per heavy atom. The Kier molecular flexibility index (Phi) is 4.52. The number of pyridine rings is 1. The lowest BCUT2D eigenvalue weighted by Gasteiger charge is -2.03. The van der Waals surface area contributed by atoms with E-state index in [2.05, 4.69) is 15.1 Å². The van der Waals surface area contributed by atoms with E-state index in [9.17, 15) is 4.79 Å². The number of esters is 1. The second-order valence-corrected chi connectivity index (χ2v) is 5.36. The maximum Gasteiger partial charge on any atom is 0.338 e. The summed E-state index contributed by atoms with van der Waals surface area (Å²) in [6.45, 7) is 1.98. The standard InChI is InChI=1S/C16H14ClN3O3/c1-2-3-14-19-15(23-20-14)9-22-16(21)11-4-6-12-10(8-11)5-7-13(17)18-12/h4-8H,2-3,9H2,1H3. The zero-order chi connectivity index (χ0) is 16.2. The van der Waals surface area contributed by atoms with E-state index in [1.54, 1.807) is 30.3 Å². The first-order valence-electron chi connectivity index (χ1n) is 7.20. The number of aryl methyl sites for hydroxylation is 1. The molecule has 0 aliphatic rings. The molecule has 3 rings (SSSR count). The number of hydrogen-bond acceptors (Lipinski definition) is 6. The van der Waals surface area contributed by atoms with Crippen LogP contribution in [0.3, 0.4) is 0 Å². The Balaban J connectivity index is 1.68. The summed E-state index contributed by atoms with van der Waals surface area (Å²) in [5, 5.41) is 5.03. The molecule has 0 saturated heterocycles. The number of rotatable bonds is 5. The quantitative estimate of drug-likeness (QED) is 0.525. The lowest BCUT2D eigenvalue weighted by molar-refractivity contribution is 0.0430. The number of benzene rings is 1. The predicted octanol–water partition coefficient (Wildman–Crippen LogP) is 3.58. The van der Waals surface area contributed by atoms with Crippen molar-refractivity contribution in [1.82, 2.24) is 15.1 Å². The highest BCUT2D eigenvalue weighted by atomic mass is 35.5. The molecule has 0 fully saturated rings. The van der Waals surface area contributed by atoms with Gasteiger partial charge in [0.1, 0.15) is 5.15 Å². The summed E-state index contributed by atoms with van der Waals surface area (Å²) in [5.74, 6) is 0.445. The summed E-state index contributed by atoms with van der Waals surface area (Å²) in [7, 11) is 0. The summed E-state index contributed by atoms with van der Waals surface area (Å²) in [6, 6.07) is 8.55. The molecule has 0 N–H and O–H groups in total. The fourth-order valence-corrected chi connectivity index (χ4v) is 2.27. The summed E-state index contributed by atoms with van der Waals surface area (Å²) in [5.41, 5.74) is 1.14. The molecule has 0 saturated carbocycles. The van der Waals surface area contributed by atoms with Crippen molar-refractivity contribution in [2.45, 2.75) is 26.4 Å². The van der Waals surface area contributed by atoms with E-state index in [1.807, 2.05) is 6.92 Å². The van der Waals surface area contributed by atoms with Crippen molar-refractivity contribution in [2.24, 2.45) is 0 Å². The van der Waals surface area contributed by atoms with Crippen LogP contribution in [0.2, 0.25) is 5.15 Å². The van der Waals surface area contributed by atoms with E-state index in [-0.39, 0.29) is 12.5 Å². The van der Waals surface area contributed by atoms with E-state index in [0.29, 0.717) is 16.5 Å². The van der Waals surface area contributed by atoms with Crippen LogP contribution < -0.4 is 0 Å². The monoisotopic (exact) mass is 331 g/mol. The molecule has 7 heteroatoms. The van der Waals surface area contributed by atoms with Gasteiger partial charge in [0.2, 0.25) is 0 Å². The average molecular weight is 332 g/mol. The second-order valence-electron chi connectivity index (χ2n) is 4.97. The molecule has 0 atom stereocenters. The number of hydrogen-bond donors (Lipinski definition) is 0. The lowest BCUT2D eigenvalue weighted by atomic mass is 10.1. The smallest absolute Gasteiger partial charge is 0.338 e. The molecule has 0 amide bonds. The number of nitrogens with zero attached hydrogens (tertiary/aromatic N) is 3. The van der Waals surface area contributed by atoms with Crippen molar-refractivity contribution in [3.05, 3.63) is 52.8 Å². The van der Waals surface area contributed by atoms with Crippen molar-refractivity contribution >= 4 is 28.5 Å². The van der Waals surface area contributed by atoms with Crippen molar-refractivity contribution in [2.75, 3.05) is 0 Å². The first-order valence-corrected chi connectivity index (χ1v) is 7.58. The van der Waals surface area contributed by atoms with Gasteiger partial charge in [0.05, 0.1) is 11.1 Å². The van der Waals surface area contributed by atoms with Gasteiger partial charge in [-0.05, 0) is 36.8 Å². The van der Waals surface area contributed by atoms with Gasteiger partial charge in [0, 0.05) is 11.8 Å². The fourth-order valence-electron chi connectivity index (χ4n) is 2.11. The SMILES string of the molecule is CCCc1noc(COC(=O)c2ccc3nc(Cl)ccc3c2)n1. The first-order chi connectivity index (χ1) is 11.2. The number of carbonyl (C=O) groups excluding carboxylic acids is 1. The van der Waals surface area contributed by atoms with Gasteiger partial charge in [-0.3, -0.25) is 0 Å². The van der Waals surface area contributed by atoms with Crippen LogP contribution in [0.15, 0.2) is 34.9 Å². The minimum absolute atomic E-state index is 0.0492. The Labute approximate surface area is 137 Å². The zero-order valence-electron chi connectivity index (χ0n) is 12.5. The molecular weight excluding hydrogens is 318 g/mol. The molecule has 1 aromatic carbocycles. The minimum Gasteiger partial charge on any atom is -0.452 e. The summed E-state index contributed by atoms with van der Waals surface area (Å²) in [6.07, 6.45) is 1.66. The van der Waals surface area contributed by atoms with Crippen LogP contribution in [0, 0.1) is 0 Å². The maximum absolute atomic E-state index is 12.1. The minimum atomic E-state index is -0.461. The topological polar surface area (TPSA) is 78.1 Å². The van der Waals surface area contributed by atoms with E-state index in [1.165, 1.54) is 0 Å². The normalized spacial score (nSPS) is 10.9. The van der Waals surface area contributed by atoms with Crippen LogP contribution in [0.5, 0.6) is 0 Å². The molecule has 0 aliphatic heterocycles. The molecular formula is C16H14ClN3O3. The summed E-state index contributed by atoms with van der Waals surface area (Å²) in [4.78, 5) is 20.4. The van der Waals surface area contributed by atoms with E-state index >= 15 is 0 Å². The Bertz CT molecular complexity index is 847. The highest BCUT2D eigenvalue weighted by molar-refractivity contribution is 6.29. The van der Waals surface area contributed by atoms with E-state index < -0.39 is 5.97 Å². The van der Waals surface area contributed by atoms with Gasteiger partial charge in [-0.2, -0.15) is 4.98 Å². The highest BCUT2D eigenvalue weighted by Gasteiger charge is 2.12. The van der Waals surface area contributed by atoms with Gasteiger partial charge in [0.15, 0.2) is 12.4 Å². The number of halogens is 1. The average Bonchev–Trinajstić information content (AvgIpc) is 3.00. The molecule has 0 spiro atoms. The lowest BCUT2D eigenvalue weighted by Crippen LogP contribution is -2.05. The van der Waals surface area contributed by atoms with E-state index in [4.69, 9.17) is 20.9 Å². The van der Waals surface area contributed by atoms with Gasteiger partial charge in [-0.25, -0.2) is 9.78 Å². The third-order valence-corrected chi connectivity index (χ3v) is 3.41. The predicted molar refractivity (Wildman–Crippen MR) is 84.2 cm³/mol. The van der Waals surface area contributed by atoms with Crippen LogP contribution >= 0.6 is 11.6 Å². The molecule has 23 heavy (non-hydrogen) atoms. The van der Waals surface area contributed by atoms with Crippen molar-refractivity contribution in [3.8, 4) is 0 Å². The molecule has 0 unspecified atom stereocenters. The summed E-state index contributed by atoms with van der Waals surface area (Å²) < 4.78 is 10.2. The molecule has 0 radical (unpaired) electrons. The van der Waals surface area contributed by atoms with Crippen molar-refractivity contribution in [3.63, 3.8) is 0 Å². The van der Waals surface area contributed by atoms with Gasteiger partial charge in [-0.15, -0.1) is 0 Å². The van der Waals surface area contributed by atoms with Crippen LogP contribution in [-0.2, 0) is 17.8 Å². The van der Waals surface area contributed by atoms with Crippen LogP contribution in [0.1, 0.15) is 35.4 Å². The Hall–Kier alpha value is -2.47. The maximum atomic E-state index is 12.1. The Morgan fingerprint density at radius 1 is 1.26 bits per heavy atom. The second kappa shape index (κ2) is 6.75. The van der Waals surface area contributed by atoms with Gasteiger partial charge < -0.3 is 9.26 Å². The fraction of sp³-hybridized carbons (Fsp3) is 0.250. The largest absolute Gasteiger partial charge is 0.452 e. The summed E-state index contributed by atoms with van der Waals surface area (Å²) >= 11 is 5.84. The highest BCUT2D eigenvalue weighted by Crippen LogP contribution is 2.18. The third kappa shape index (κ3) is 3.65. The number of ether oxygens (including phenoxy) is 1. The van der Waals surface area contributed by atoms with Crippen molar-refractivity contribution in [1.29, 1.82) is 0 Å². The van der Waals surface area contributed by atoms with Crippen molar-refractivity contribution < 1.29 is 14.1 Å². The van der Waals surface area contributed by atoms with Crippen LogP contribution in [-0.4, -0.2) is 21.1 Å².